The molecule has 3 nitrogen and oxygen atoms in total. The van der Waals surface area contributed by atoms with Crippen LogP contribution in [0.3, 0.4) is 0 Å². The Morgan fingerprint density at radius 2 is 2.00 bits per heavy atom. The third-order valence-corrected chi connectivity index (χ3v) is 3.85. The van der Waals surface area contributed by atoms with Gasteiger partial charge >= 0.3 is 0 Å². The Bertz CT molecular complexity index is 179. The van der Waals surface area contributed by atoms with Gasteiger partial charge in [-0.2, -0.15) is 11.8 Å². The average Bonchev–Trinajstić information content (AvgIpc) is 2.19. The predicted octanol–water partition coefficient (Wildman–Crippen LogP) is 0.996. The van der Waals surface area contributed by atoms with Crippen molar-refractivity contribution in [1.29, 1.82) is 0 Å². The largest absolute Gasteiger partial charge is 0.352 e. The Kier molecular flexibility index (Phi) is 5.33. The minimum atomic E-state index is 0.125. The monoisotopic (exact) mass is 216 g/mol. The first kappa shape index (κ1) is 11.9. The van der Waals surface area contributed by atoms with Gasteiger partial charge in [-0.1, -0.05) is 0 Å². The Hall–Kier alpha value is -0.220. The van der Waals surface area contributed by atoms with E-state index in [1.54, 1.807) is 7.05 Å². The highest BCUT2D eigenvalue weighted by atomic mass is 32.2. The molecule has 0 bridgehead atoms. The van der Waals surface area contributed by atoms with Gasteiger partial charge in [-0.05, 0) is 39.0 Å². The Labute approximate surface area is 90.4 Å². The van der Waals surface area contributed by atoms with Gasteiger partial charge in [0.1, 0.15) is 0 Å². The highest BCUT2D eigenvalue weighted by Gasteiger charge is 2.21. The average molecular weight is 216 g/mol. The van der Waals surface area contributed by atoms with Gasteiger partial charge in [0, 0.05) is 11.3 Å². The molecule has 0 aliphatic heterocycles. The first-order chi connectivity index (χ1) is 6.76. The molecule has 0 unspecified atom stereocenters. The van der Waals surface area contributed by atoms with Gasteiger partial charge < -0.3 is 10.6 Å². The molecule has 0 atom stereocenters. The van der Waals surface area contributed by atoms with Crippen LogP contribution in [0.5, 0.6) is 0 Å². The van der Waals surface area contributed by atoms with Crippen molar-refractivity contribution < 1.29 is 4.79 Å². The number of hydrogen-bond acceptors (Lipinski definition) is 3. The molecule has 2 N–H and O–H groups in total. The van der Waals surface area contributed by atoms with E-state index in [0.29, 0.717) is 12.6 Å². The van der Waals surface area contributed by atoms with E-state index in [1.165, 1.54) is 12.8 Å². The topological polar surface area (TPSA) is 41.1 Å². The molecule has 0 heterocycles. The molecule has 4 heteroatoms. The summed E-state index contributed by atoms with van der Waals surface area (Å²) in [5, 5.41) is 6.73. The van der Waals surface area contributed by atoms with Crippen molar-refractivity contribution in [2.45, 2.75) is 37.0 Å². The minimum Gasteiger partial charge on any atom is -0.352 e. The number of nitrogens with one attached hydrogen (secondary N) is 2. The van der Waals surface area contributed by atoms with Crippen LogP contribution in [0.1, 0.15) is 25.7 Å². The summed E-state index contributed by atoms with van der Waals surface area (Å²) in [6, 6.07) is 0.416. The van der Waals surface area contributed by atoms with E-state index in [4.69, 9.17) is 0 Å². The molecule has 0 spiro atoms. The molecule has 0 aromatic rings. The van der Waals surface area contributed by atoms with Crippen molar-refractivity contribution in [2.75, 3.05) is 19.8 Å². The van der Waals surface area contributed by atoms with E-state index >= 15 is 0 Å². The zero-order valence-electron chi connectivity index (χ0n) is 9.01. The van der Waals surface area contributed by atoms with Crippen LogP contribution in [-0.4, -0.2) is 37.0 Å². The normalized spacial score (nSPS) is 27.3. The molecule has 0 radical (unpaired) electrons. The number of thioether (sulfide) groups is 1. The van der Waals surface area contributed by atoms with Crippen molar-refractivity contribution in [1.82, 2.24) is 10.6 Å². The highest BCUT2D eigenvalue weighted by molar-refractivity contribution is 7.99. The van der Waals surface area contributed by atoms with Gasteiger partial charge in [-0.3, -0.25) is 4.79 Å². The van der Waals surface area contributed by atoms with E-state index in [0.717, 1.165) is 18.1 Å². The summed E-state index contributed by atoms with van der Waals surface area (Å²) < 4.78 is 0. The lowest BCUT2D eigenvalue weighted by Crippen LogP contribution is -2.41. The van der Waals surface area contributed by atoms with Crippen molar-refractivity contribution in [2.24, 2.45) is 0 Å². The van der Waals surface area contributed by atoms with E-state index < -0.39 is 0 Å². The molecule has 0 aromatic heterocycles. The van der Waals surface area contributed by atoms with Crippen LogP contribution in [-0.2, 0) is 4.79 Å². The Balaban J connectivity index is 2.18. The molecular formula is C10H20N2OS. The Morgan fingerprint density at radius 1 is 1.36 bits per heavy atom. The van der Waals surface area contributed by atoms with Crippen molar-refractivity contribution >= 4 is 17.7 Å². The van der Waals surface area contributed by atoms with Gasteiger partial charge in [0.05, 0.1) is 6.54 Å². The predicted molar refractivity (Wildman–Crippen MR) is 61.6 cm³/mol. The van der Waals surface area contributed by atoms with Crippen LogP contribution in [0.25, 0.3) is 0 Å². The fourth-order valence-corrected chi connectivity index (χ4v) is 2.63. The third kappa shape index (κ3) is 3.88. The SMILES string of the molecule is CNCC(=O)NC1CCC(SC)CC1. The van der Waals surface area contributed by atoms with Crippen molar-refractivity contribution in [3.8, 4) is 0 Å². The maximum absolute atomic E-state index is 11.3. The zero-order valence-corrected chi connectivity index (χ0v) is 9.82. The molecule has 1 fully saturated rings. The number of carbonyl (C=O) groups excluding carboxylic acids is 1. The minimum absolute atomic E-state index is 0.125. The second kappa shape index (κ2) is 6.30. The van der Waals surface area contributed by atoms with Gasteiger partial charge in [0.2, 0.25) is 5.91 Å². The van der Waals surface area contributed by atoms with Crippen LogP contribution >= 0.6 is 11.8 Å². The first-order valence-corrected chi connectivity index (χ1v) is 6.51. The van der Waals surface area contributed by atoms with E-state index in [-0.39, 0.29) is 5.91 Å². The second-order valence-electron chi connectivity index (χ2n) is 3.81. The lowest BCUT2D eigenvalue weighted by Gasteiger charge is -2.27. The second-order valence-corrected chi connectivity index (χ2v) is 4.95. The number of hydrogen-bond donors (Lipinski definition) is 2. The van der Waals surface area contributed by atoms with Crippen LogP contribution in [0, 0.1) is 0 Å². The van der Waals surface area contributed by atoms with E-state index in [1.807, 2.05) is 11.8 Å². The molecule has 0 saturated heterocycles. The van der Waals surface area contributed by atoms with E-state index in [2.05, 4.69) is 16.9 Å². The summed E-state index contributed by atoms with van der Waals surface area (Å²) in [6.45, 7) is 0.433. The number of likely N-dealkylation sites (N-methyl/N-ethyl adjacent to an activating group) is 1. The molecule has 1 aliphatic rings. The molecule has 0 aromatic carbocycles. The van der Waals surface area contributed by atoms with Crippen molar-refractivity contribution in [3.63, 3.8) is 0 Å². The molecule has 1 rings (SSSR count). The van der Waals surface area contributed by atoms with Crippen LogP contribution in [0.4, 0.5) is 0 Å². The maximum atomic E-state index is 11.3. The zero-order chi connectivity index (χ0) is 10.4. The van der Waals surface area contributed by atoms with Crippen molar-refractivity contribution in [3.05, 3.63) is 0 Å². The maximum Gasteiger partial charge on any atom is 0.234 e. The van der Waals surface area contributed by atoms with E-state index in [9.17, 15) is 4.79 Å². The van der Waals surface area contributed by atoms with Gasteiger partial charge in [0.25, 0.3) is 0 Å². The summed E-state index contributed by atoms with van der Waals surface area (Å²) in [4.78, 5) is 11.3. The summed E-state index contributed by atoms with van der Waals surface area (Å²) in [7, 11) is 1.80. The number of amides is 1. The summed E-state index contributed by atoms with van der Waals surface area (Å²) in [5.74, 6) is 0.125. The lowest BCUT2D eigenvalue weighted by molar-refractivity contribution is -0.121. The highest BCUT2D eigenvalue weighted by Crippen LogP contribution is 2.26. The first-order valence-electron chi connectivity index (χ1n) is 5.23. The summed E-state index contributed by atoms with van der Waals surface area (Å²) in [6.07, 6.45) is 6.93. The smallest absolute Gasteiger partial charge is 0.234 e. The van der Waals surface area contributed by atoms with Gasteiger partial charge in [-0.25, -0.2) is 0 Å². The van der Waals surface area contributed by atoms with Crippen LogP contribution in [0.15, 0.2) is 0 Å². The quantitative estimate of drug-likeness (QED) is 0.736. The summed E-state index contributed by atoms with van der Waals surface area (Å²) in [5.41, 5.74) is 0. The molecule has 1 amide bonds. The fourth-order valence-electron chi connectivity index (χ4n) is 1.88. The fraction of sp³-hybridized carbons (Fsp3) is 0.900. The molecule has 82 valence electrons. The third-order valence-electron chi connectivity index (χ3n) is 2.71. The lowest BCUT2D eigenvalue weighted by atomic mass is 9.95. The molecule has 14 heavy (non-hydrogen) atoms. The van der Waals surface area contributed by atoms with Gasteiger partial charge in [0.15, 0.2) is 0 Å². The number of rotatable bonds is 4. The molecular weight excluding hydrogens is 196 g/mol. The van der Waals surface area contributed by atoms with Crippen LogP contribution < -0.4 is 10.6 Å². The number of carbonyl (C=O) groups is 1. The van der Waals surface area contributed by atoms with Crippen LogP contribution in [0.2, 0.25) is 0 Å². The Morgan fingerprint density at radius 3 is 2.50 bits per heavy atom. The molecule has 1 aliphatic carbocycles. The van der Waals surface area contributed by atoms with Gasteiger partial charge in [-0.15, -0.1) is 0 Å². The molecule has 1 saturated carbocycles. The standard InChI is InChI=1S/C10H20N2OS/c1-11-7-10(13)12-8-3-5-9(14-2)6-4-8/h8-9,11H,3-7H2,1-2H3,(H,12,13). The summed E-state index contributed by atoms with van der Waals surface area (Å²) >= 11 is 1.95.